The van der Waals surface area contributed by atoms with E-state index in [4.69, 9.17) is 5.11 Å². The van der Waals surface area contributed by atoms with E-state index >= 15 is 0 Å². The summed E-state index contributed by atoms with van der Waals surface area (Å²) in [4.78, 5) is 12.7. The highest BCUT2D eigenvalue weighted by Gasteiger charge is 2.24. The molecule has 0 spiro atoms. The van der Waals surface area contributed by atoms with Gasteiger partial charge >= 0.3 is 5.97 Å². The number of hydrogen-bond acceptors (Lipinski definition) is 3. The third-order valence-corrected chi connectivity index (χ3v) is 2.89. The van der Waals surface area contributed by atoms with Gasteiger partial charge in [0.2, 0.25) is 0 Å². The first-order valence-corrected chi connectivity index (χ1v) is 5.19. The molecule has 4 nitrogen and oxygen atoms in total. The molecule has 14 heavy (non-hydrogen) atoms. The van der Waals surface area contributed by atoms with Gasteiger partial charge in [-0.2, -0.15) is 0 Å². The summed E-state index contributed by atoms with van der Waals surface area (Å²) in [6, 6.07) is 0.521. The number of carboxylic acid groups (broad SMARTS) is 1. The fourth-order valence-electron chi connectivity index (χ4n) is 2.19. The molecule has 2 unspecified atom stereocenters. The number of rotatable bonds is 4. The quantitative estimate of drug-likeness (QED) is 0.689. The minimum atomic E-state index is -0.681. The molecular weight excluding hydrogens is 180 g/mol. The molecule has 4 heteroatoms. The molecular formula is C10H20N2O2. The molecule has 82 valence electrons. The van der Waals surface area contributed by atoms with Crippen LogP contribution in [0.5, 0.6) is 0 Å². The monoisotopic (exact) mass is 200 g/mol. The Hall–Kier alpha value is -0.610. The van der Waals surface area contributed by atoms with E-state index < -0.39 is 5.97 Å². The number of nitrogens with zero attached hydrogens (tertiary/aromatic N) is 1. The van der Waals surface area contributed by atoms with Gasteiger partial charge in [-0.15, -0.1) is 0 Å². The molecule has 0 aromatic carbocycles. The standard InChI is InChI=1S/C10H20N2O2/c1-11-9-5-8(3-4-10(13)14)6-12(2)7-9/h8-9,11H,3-7H2,1-2H3,(H,13,14). The first-order chi connectivity index (χ1) is 6.61. The number of piperidine rings is 1. The van der Waals surface area contributed by atoms with Crippen LogP contribution in [0.1, 0.15) is 19.3 Å². The second-order valence-corrected chi connectivity index (χ2v) is 4.24. The molecule has 0 aliphatic carbocycles. The van der Waals surface area contributed by atoms with Crippen molar-refractivity contribution in [3.05, 3.63) is 0 Å². The maximum atomic E-state index is 10.4. The van der Waals surface area contributed by atoms with Crippen molar-refractivity contribution >= 4 is 5.97 Å². The van der Waals surface area contributed by atoms with Gasteiger partial charge in [-0.1, -0.05) is 0 Å². The van der Waals surface area contributed by atoms with E-state index in [1.54, 1.807) is 0 Å². The van der Waals surface area contributed by atoms with Crippen LogP contribution in [-0.2, 0) is 4.79 Å². The zero-order valence-corrected chi connectivity index (χ0v) is 8.99. The van der Waals surface area contributed by atoms with Crippen LogP contribution in [0, 0.1) is 5.92 Å². The molecule has 1 fully saturated rings. The number of hydrogen-bond donors (Lipinski definition) is 2. The highest BCUT2D eigenvalue weighted by molar-refractivity contribution is 5.66. The molecule has 1 rings (SSSR count). The van der Waals surface area contributed by atoms with E-state index in [0.717, 1.165) is 25.9 Å². The highest BCUT2D eigenvalue weighted by atomic mass is 16.4. The van der Waals surface area contributed by atoms with Gasteiger partial charge in [-0.05, 0) is 32.9 Å². The van der Waals surface area contributed by atoms with Crippen LogP contribution in [0.3, 0.4) is 0 Å². The maximum Gasteiger partial charge on any atom is 0.303 e. The van der Waals surface area contributed by atoms with Crippen LogP contribution in [0.25, 0.3) is 0 Å². The number of likely N-dealkylation sites (tertiary alicyclic amines) is 1. The lowest BCUT2D eigenvalue weighted by atomic mass is 9.91. The van der Waals surface area contributed by atoms with E-state index in [1.807, 2.05) is 7.05 Å². The summed E-state index contributed by atoms with van der Waals surface area (Å²) in [7, 11) is 4.06. The topological polar surface area (TPSA) is 52.6 Å². The van der Waals surface area contributed by atoms with Gasteiger partial charge in [-0.25, -0.2) is 0 Å². The Morgan fingerprint density at radius 3 is 2.86 bits per heavy atom. The van der Waals surface area contributed by atoms with Crippen LogP contribution in [0.2, 0.25) is 0 Å². The third-order valence-electron chi connectivity index (χ3n) is 2.89. The summed E-state index contributed by atoms with van der Waals surface area (Å²) in [6.45, 7) is 2.10. The first kappa shape index (κ1) is 11.5. The summed E-state index contributed by atoms with van der Waals surface area (Å²) in [6.07, 6.45) is 2.21. The molecule has 0 bridgehead atoms. The van der Waals surface area contributed by atoms with E-state index in [9.17, 15) is 4.79 Å². The maximum absolute atomic E-state index is 10.4. The van der Waals surface area contributed by atoms with Crippen LogP contribution in [-0.4, -0.2) is 49.2 Å². The minimum Gasteiger partial charge on any atom is -0.481 e. The van der Waals surface area contributed by atoms with Gasteiger partial charge in [0.05, 0.1) is 0 Å². The van der Waals surface area contributed by atoms with Crippen molar-refractivity contribution in [1.82, 2.24) is 10.2 Å². The Bertz CT molecular complexity index is 197. The van der Waals surface area contributed by atoms with Crippen molar-refractivity contribution < 1.29 is 9.90 Å². The summed E-state index contributed by atoms with van der Waals surface area (Å²) >= 11 is 0. The summed E-state index contributed by atoms with van der Waals surface area (Å²) in [5.74, 6) is -0.151. The first-order valence-electron chi connectivity index (χ1n) is 5.19. The Morgan fingerprint density at radius 1 is 1.57 bits per heavy atom. The summed E-state index contributed by atoms with van der Waals surface area (Å²) < 4.78 is 0. The molecule has 0 aromatic rings. The molecule has 1 saturated heterocycles. The van der Waals surface area contributed by atoms with Gasteiger partial charge in [0.25, 0.3) is 0 Å². The Balaban J connectivity index is 2.33. The zero-order valence-electron chi connectivity index (χ0n) is 8.99. The number of carbonyl (C=O) groups is 1. The van der Waals surface area contributed by atoms with Crippen molar-refractivity contribution in [3.8, 4) is 0 Å². The van der Waals surface area contributed by atoms with Gasteiger partial charge in [0, 0.05) is 25.6 Å². The van der Waals surface area contributed by atoms with Gasteiger partial charge in [0.15, 0.2) is 0 Å². The average molecular weight is 200 g/mol. The van der Waals surface area contributed by atoms with E-state index in [0.29, 0.717) is 18.4 Å². The number of likely N-dealkylation sites (N-methyl/N-ethyl adjacent to an activating group) is 2. The molecule has 0 aromatic heterocycles. The predicted octanol–water partition coefficient (Wildman–Crippen LogP) is 0.391. The highest BCUT2D eigenvalue weighted by Crippen LogP contribution is 2.20. The zero-order chi connectivity index (χ0) is 10.6. The van der Waals surface area contributed by atoms with E-state index in [-0.39, 0.29) is 0 Å². The lowest BCUT2D eigenvalue weighted by molar-refractivity contribution is -0.137. The van der Waals surface area contributed by atoms with Crippen molar-refractivity contribution in [2.24, 2.45) is 5.92 Å². The van der Waals surface area contributed by atoms with Crippen molar-refractivity contribution in [3.63, 3.8) is 0 Å². The average Bonchev–Trinajstić information content (AvgIpc) is 2.14. The molecule has 1 aliphatic rings. The lowest BCUT2D eigenvalue weighted by Crippen LogP contribution is -2.46. The summed E-state index contributed by atoms with van der Waals surface area (Å²) in [5.41, 5.74) is 0. The SMILES string of the molecule is CNC1CC(CCC(=O)O)CN(C)C1. The fraction of sp³-hybridized carbons (Fsp3) is 0.900. The van der Waals surface area contributed by atoms with Gasteiger partial charge in [-0.3, -0.25) is 4.79 Å². The molecule has 1 aliphatic heterocycles. The van der Waals surface area contributed by atoms with Crippen LogP contribution in [0.15, 0.2) is 0 Å². The smallest absolute Gasteiger partial charge is 0.303 e. The van der Waals surface area contributed by atoms with E-state index in [2.05, 4.69) is 17.3 Å². The van der Waals surface area contributed by atoms with Crippen molar-refractivity contribution in [1.29, 1.82) is 0 Å². The van der Waals surface area contributed by atoms with Gasteiger partial charge in [0.1, 0.15) is 0 Å². The Morgan fingerprint density at radius 2 is 2.29 bits per heavy atom. The number of carboxylic acids is 1. The Kier molecular flexibility index (Phi) is 4.35. The third kappa shape index (κ3) is 3.64. The summed E-state index contributed by atoms with van der Waals surface area (Å²) in [5, 5.41) is 11.9. The molecule has 2 N–H and O–H groups in total. The van der Waals surface area contributed by atoms with Gasteiger partial charge < -0.3 is 15.3 Å². The second kappa shape index (κ2) is 5.32. The van der Waals surface area contributed by atoms with Crippen molar-refractivity contribution in [2.75, 3.05) is 27.2 Å². The largest absolute Gasteiger partial charge is 0.481 e. The molecule has 0 radical (unpaired) electrons. The van der Waals surface area contributed by atoms with Crippen molar-refractivity contribution in [2.45, 2.75) is 25.3 Å². The lowest BCUT2D eigenvalue weighted by Gasteiger charge is -2.35. The van der Waals surface area contributed by atoms with Crippen LogP contribution >= 0.6 is 0 Å². The molecule has 2 atom stereocenters. The number of nitrogens with one attached hydrogen (secondary N) is 1. The second-order valence-electron chi connectivity index (χ2n) is 4.24. The number of aliphatic carboxylic acids is 1. The predicted molar refractivity (Wildman–Crippen MR) is 55.3 cm³/mol. The molecule has 0 amide bonds. The van der Waals surface area contributed by atoms with Crippen LogP contribution < -0.4 is 5.32 Å². The molecule has 0 saturated carbocycles. The van der Waals surface area contributed by atoms with Crippen LogP contribution in [0.4, 0.5) is 0 Å². The normalized spacial score (nSPS) is 29.0. The Labute approximate surface area is 85.3 Å². The minimum absolute atomic E-state index is 0.301. The van der Waals surface area contributed by atoms with E-state index in [1.165, 1.54) is 0 Å². The molecule has 1 heterocycles. The fourth-order valence-corrected chi connectivity index (χ4v) is 2.19.